The molecule has 0 spiro atoms. The topological polar surface area (TPSA) is 82.8 Å². The van der Waals surface area contributed by atoms with Gasteiger partial charge in [0.25, 0.3) is 0 Å². The van der Waals surface area contributed by atoms with Gasteiger partial charge in [-0.05, 0) is 41.4 Å². The van der Waals surface area contributed by atoms with Gasteiger partial charge in [0.15, 0.2) is 12.0 Å². The molecule has 0 unspecified atom stereocenters. The first-order chi connectivity index (χ1) is 10.9. The highest BCUT2D eigenvalue weighted by molar-refractivity contribution is 9.10. The van der Waals surface area contributed by atoms with Crippen LogP contribution in [0.1, 0.15) is 46.7 Å². The number of rotatable bonds is 5. The minimum atomic E-state index is -0.674. The van der Waals surface area contributed by atoms with Crippen LogP contribution in [0.2, 0.25) is 0 Å². The third-order valence-corrected chi connectivity index (χ3v) is 3.96. The SMILES string of the molecule is CCOC(=O)c1c(C=O)oc2c(C)cc(OC(=O)CC)c(Br)c12. The fraction of sp³-hybridized carbons (Fsp3) is 0.312. The number of esters is 2. The zero-order chi connectivity index (χ0) is 17.1. The van der Waals surface area contributed by atoms with Crippen LogP contribution in [0.5, 0.6) is 5.75 Å². The Kier molecular flexibility index (Phi) is 5.20. The number of hydrogen-bond acceptors (Lipinski definition) is 6. The Bertz CT molecular complexity index is 790. The Morgan fingerprint density at radius 3 is 2.61 bits per heavy atom. The number of ether oxygens (including phenoxy) is 2. The van der Waals surface area contributed by atoms with Crippen LogP contribution in [0.25, 0.3) is 11.0 Å². The maximum atomic E-state index is 12.2. The molecule has 122 valence electrons. The summed E-state index contributed by atoms with van der Waals surface area (Å²) in [6.07, 6.45) is 0.662. The fourth-order valence-corrected chi connectivity index (χ4v) is 2.72. The van der Waals surface area contributed by atoms with E-state index in [-0.39, 0.29) is 30.1 Å². The molecule has 0 N–H and O–H groups in total. The molecule has 0 atom stereocenters. The summed E-state index contributed by atoms with van der Waals surface area (Å²) in [6.45, 7) is 5.22. The van der Waals surface area contributed by atoms with Gasteiger partial charge in [0.05, 0.1) is 16.5 Å². The zero-order valence-corrected chi connectivity index (χ0v) is 14.5. The van der Waals surface area contributed by atoms with Crippen molar-refractivity contribution in [2.24, 2.45) is 0 Å². The number of aldehydes is 1. The van der Waals surface area contributed by atoms with Gasteiger partial charge in [-0.25, -0.2) is 4.79 Å². The third kappa shape index (κ3) is 3.14. The van der Waals surface area contributed by atoms with E-state index < -0.39 is 11.9 Å². The minimum absolute atomic E-state index is 0.0150. The zero-order valence-electron chi connectivity index (χ0n) is 12.9. The highest BCUT2D eigenvalue weighted by Gasteiger charge is 2.27. The number of benzene rings is 1. The van der Waals surface area contributed by atoms with Gasteiger partial charge in [-0.1, -0.05) is 6.92 Å². The lowest BCUT2D eigenvalue weighted by atomic mass is 10.1. The molecule has 23 heavy (non-hydrogen) atoms. The summed E-state index contributed by atoms with van der Waals surface area (Å²) in [7, 11) is 0. The molecule has 7 heteroatoms. The second-order valence-electron chi connectivity index (χ2n) is 4.72. The average molecular weight is 383 g/mol. The molecule has 0 fully saturated rings. The second kappa shape index (κ2) is 6.95. The summed E-state index contributed by atoms with van der Waals surface area (Å²) < 4.78 is 16.1. The van der Waals surface area contributed by atoms with Crippen molar-refractivity contribution in [1.82, 2.24) is 0 Å². The summed E-state index contributed by atoms with van der Waals surface area (Å²) in [5.41, 5.74) is 1.00. The molecule has 1 heterocycles. The van der Waals surface area contributed by atoms with E-state index in [1.165, 1.54) is 0 Å². The van der Waals surface area contributed by atoms with Crippen LogP contribution in [0.4, 0.5) is 0 Å². The summed E-state index contributed by atoms with van der Waals surface area (Å²) in [5, 5.41) is 0.351. The van der Waals surface area contributed by atoms with E-state index in [1.54, 1.807) is 26.8 Å². The summed E-state index contributed by atoms with van der Waals surface area (Å²) in [5.74, 6) is -0.958. The first kappa shape index (κ1) is 17.2. The molecule has 1 aromatic heterocycles. The van der Waals surface area contributed by atoms with Gasteiger partial charge in [-0.3, -0.25) is 9.59 Å². The second-order valence-corrected chi connectivity index (χ2v) is 5.51. The monoisotopic (exact) mass is 382 g/mol. The summed E-state index contributed by atoms with van der Waals surface area (Å²) >= 11 is 3.33. The summed E-state index contributed by atoms with van der Waals surface area (Å²) in [6, 6.07) is 1.60. The molecule has 0 saturated carbocycles. The van der Waals surface area contributed by atoms with Crippen molar-refractivity contribution in [3.8, 4) is 5.75 Å². The molecular weight excluding hydrogens is 368 g/mol. The smallest absolute Gasteiger partial charge is 0.342 e. The van der Waals surface area contributed by atoms with Gasteiger partial charge in [-0.15, -0.1) is 0 Å². The van der Waals surface area contributed by atoms with E-state index in [2.05, 4.69) is 15.9 Å². The van der Waals surface area contributed by atoms with Crippen LogP contribution in [0.15, 0.2) is 15.0 Å². The quantitative estimate of drug-likeness (QED) is 0.444. The van der Waals surface area contributed by atoms with E-state index in [4.69, 9.17) is 13.9 Å². The Labute approximate surface area is 140 Å². The van der Waals surface area contributed by atoms with E-state index in [1.807, 2.05) is 0 Å². The Hall–Kier alpha value is -2.15. The maximum absolute atomic E-state index is 12.2. The third-order valence-electron chi connectivity index (χ3n) is 3.18. The van der Waals surface area contributed by atoms with Crippen LogP contribution in [0, 0.1) is 6.92 Å². The molecule has 1 aromatic carbocycles. The van der Waals surface area contributed by atoms with Crippen molar-refractivity contribution in [3.63, 3.8) is 0 Å². The summed E-state index contributed by atoms with van der Waals surface area (Å²) in [4.78, 5) is 35.0. The molecular formula is C16H15BrO6. The molecule has 2 aromatic rings. The van der Waals surface area contributed by atoms with Gasteiger partial charge in [0.1, 0.15) is 16.9 Å². The standard InChI is InChI=1S/C16H15BrO6/c1-4-11(19)22-9-6-8(3)15-13(14(9)17)12(10(7-18)23-15)16(20)21-5-2/h6-7H,4-5H2,1-3H3. The molecule has 0 bridgehead atoms. The Morgan fingerprint density at radius 1 is 1.35 bits per heavy atom. The molecule has 0 aliphatic carbocycles. The van der Waals surface area contributed by atoms with Crippen molar-refractivity contribution in [2.45, 2.75) is 27.2 Å². The number of carbonyl (C=O) groups excluding carboxylic acids is 3. The average Bonchev–Trinajstić information content (AvgIpc) is 2.92. The lowest BCUT2D eigenvalue weighted by molar-refractivity contribution is -0.134. The van der Waals surface area contributed by atoms with E-state index in [9.17, 15) is 14.4 Å². The Morgan fingerprint density at radius 2 is 2.04 bits per heavy atom. The molecule has 0 radical (unpaired) electrons. The normalized spacial score (nSPS) is 10.6. The van der Waals surface area contributed by atoms with Crippen molar-refractivity contribution in [2.75, 3.05) is 6.61 Å². The fourth-order valence-electron chi connectivity index (χ4n) is 2.14. The number of furan rings is 1. The largest absolute Gasteiger partial charge is 0.462 e. The highest BCUT2D eigenvalue weighted by Crippen LogP contribution is 2.40. The van der Waals surface area contributed by atoms with Crippen LogP contribution in [-0.2, 0) is 9.53 Å². The van der Waals surface area contributed by atoms with Crippen LogP contribution in [0.3, 0.4) is 0 Å². The first-order valence-electron chi connectivity index (χ1n) is 7.03. The molecule has 0 amide bonds. The first-order valence-corrected chi connectivity index (χ1v) is 7.82. The van der Waals surface area contributed by atoms with Crippen molar-refractivity contribution in [1.29, 1.82) is 0 Å². The number of hydrogen-bond donors (Lipinski definition) is 0. The number of aryl methyl sites for hydroxylation is 1. The van der Waals surface area contributed by atoms with Gasteiger partial charge < -0.3 is 13.9 Å². The van der Waals surface area contributed by atoms with Gasteiger partial charge in [0.2, 0.25) is 0 Å². The predicted molar refractivity (Wildman–Crippen MR) is 85.9 cm³/mol. The van der Waals surface area contributed by atoms with Crippen LogP contribution >= 0.6 is 15.9 Å². The molecule has 2 rings (SSSR count). The van der Waals surface area contributed by atoms with E-state index in [0.29, 0.717) is 27.3 Å². The van der Waals surface area contributed by atoms with Crippen LogP contribution in [-0.4, -0.2) is 24.8 Å². The van der Waals surface area contributed by atoms with Crippen LogP contribution < -0.4 is 4.74 Å². The Balaban J connectivity index is 2.75. The minimum Gasteiger partial charge on any atom is -0.462 e. The van der Waals surface area contributed by atoms with Gasteiger partial charge >= 0.3 is 11.9 Å². The number of carbonyl (C=O) groups is 3. The lowest BCUT2D eigenvalue weighted by Gasteiger charge is -2.08. The van der Waals surface area contributed by atoms with Gasteiger partial charge in [0, 0.05) is 6.42 Å². The highest BCUT2D eigenvalue weighted by atomic mass is 79.9. The predicted octanol–water partition coefficient (Wildman–Crippen LogP) is 3.81. The van der Waals surface area contributed by atoms with Crippen molar-refractivity contribution < 1.29 is 28.3 Å². The molecule has 0 aliphatic rings. The maximum Gasteiger partial charge on any atom is 0.342 e. The van der Waals surface area contributed by atoms with Gasteiger partial charge in [-0.2, -0.15) is 0 Å². The molecule has 0 saturated heterocycles. The van der Waals surface area contributed by atoms with Crippen molar-refractivity contribution in [3.05, 3.63) is 27.4 Å². The van der Waals surface area contributed by atoms with E-state index >= 15 is 0 Å². The van der Waals surface area contributed by atoms with E-state index in [0.717, 1.165) is 0 Å². The number of fused-ring (bicyclic) bond motifs is 1. The van der Waals surface area contributed by atoms with Crippen molar-refractivity contribution >= 4 is 45.1 Å². The molecule has 0 aliphatic heterocycles. The number of halogens is 1. The lowest BCUT2D eigenvalue weighted by Crippen LogP contribution is -2.08. The molecule has 6 nitrogen and oxygen atoms in total.